The Morgan fingerprint density at radius 3 is 2.28 bits per heavy atom. The summed E-state index contributed by atoms with van der Waals surface area (Å²) in [6.07, 6.45) is 3.67. The number of carbonyl (C=O) groups is 4. The van der Waals surface area contributed by atoms with Gasteiger partial charge in [0.05, 0.1) is 12.0 Å². The number of phenolic OH excluding ortho intramolecular Hbond substituents is 1. The van der Waals surface area contributed by atoms with Crippen molar-refractivity contribution in [2.24, 2.45) is 17.8 Å². The van der Waals surface area contributed by atoms with Gasteiger partial charge in [-0.2, -0.15) is 0 Å². The van der Waals surface area contributed by atoms with Crippen LogP contribution < -0.4 is 10.6 Å². The summed E-state index contributed by atoms with van der Waals surface area (Å²) in [7, 11) is 3.80. The molecule has 1 aromatic carbocycles. The number of aliphatic carboxylic acids is 1. The number of aromatic hydroxyl groups is 1. The van der Waals surface area contributed by atoms with Gasteiger partial charge in [-0.15, -0.1) is 11.3 Å². The molecule has 54 heavy (non-hydrogen) atoms. The molecule has 2 aromatic rings. The van der Waals surface area contributed by atoms with Gasteiger partial charge in [-0.1, -0.05) is 74.3 Å². The largest absolute Gasteiger partial charge is 0.508 e. The monoisotopic (exact) mass is 771 g/mol. The van der Waals surface area contributed by atoms with Crippen LogP contribution in [0, 0.1) is 17.8 Å². The molecule has 1 unspecified atom stereocenters. The SMILES string of the molecule is CCCO[C@H](CC(C(C)C)N(CCC)C(=O)[C@@H](NC(=O)[C@@H]([C@@H](C)CC)N(C)C)[C@@H](C)CC)c1nc(C(=O)N[C@H]2Cc3ccc(O)cc3[C@H](C(=O)O)C2)cs1. The number of carboxylic acids is 1. The second-order valence-corrected chi connectivity index (χ2v) is 16.4. The molecule has 1 heterocycles. The van der Waals surface area contributed by atoms with Crippen LogP contribution in [0.3, 0.4) is 0 Å². The first-order valence-electron chi connectivity index (χ1n) is 19.8. The van der Waals surface area contributed by atoms with Crippen molar-refractivity contribution in [1.82, 2.24) is 25.4 Å². The molecule has 0 saturated heterocycles. The molecule has 1 aromatic heterocycles. The molecule has 13 heteroatoms. The van der Waals surface area contributed by atoms with Crippen LogP contribution in [0.5, 0.6) is 5.75 Å². The van der Waals surface area contributed by atoms with E-state index in [0.717, 1.165) is 31.2 Å². The van der Waals surface area contributed by atoms with Crippen LogP contribution in [0.1, 0.15) is 133 Å². The van der Waals surface area contributed by atoms with Crippen molar-refractivity contribution in [3.63, 3.8) is 0 Å². The average Bonchev–Trinajstić information content (AvgIpc) is 3.62. The Morgan fingerprint density at radius 2 is 1.70 bits per heavy atom. The van der Waals surface area contributed by atoms with Crippen LogP contribution in [0.25, 0.3) is 0 Å². The Morgan fingerprint density at radius 1 is 1.02 bits per heavy atom. The molecule has 0 radical (unpaired) electrons. The third-order valence-corrected chi connectivity index (χ3v) is 11.8. The van der Waals surface area contributed by atoms with Gasteiger partial charge in [0.25, 0.3) is 5.91 Å². The number of hydrogen-bond acceptors (Lipinski definition) is 9. The van der Waals surface area contributed by atoms with E-state index in [-0.39, 0.29) is 59.5 Å². The molecule has 1 aliphatic carbocycles. The highest BCUT2D eigenvalue weighted by Gasteiger charge is 2.39. The number of nitrogens with zero attached hydrogens (tertiary/aromatic N) is 3. The molecule has 3 amide bonds. The number of thiazole rings is 1. The molecule has 4 N–H and O–H groups in total. The summed E-state index contributed by atoms with van der Waals surface area (Å²) in [6, 6.07) is 3.01. The van der Waals surface area contributed by atoms with Crippen LogP contribution >= 0.6 is 11.3 Å². The highest BCUT2D eigenvalue weighted by Crippen LogP contribution is 2.35. The second-order valence-electron chi connectivity index (χ2n) is 15.6. The van der Waals surface area contributed by atoms with E-state index < -0.39 is 36.0 Å². The van der Waals surface area contributed by atoms with Crippen molar-refractivity contribution in [2.45, 2.75) is 137 Å². The van der Waals surface area contributed by atoms with E-state index in [1.807, 2.05) is 51.6 Å². The molecule has 302 valence electrons. The van der Waals surface area contributed by atoms with Crippen LogP contribution in [0.15, 0.2) is 23.6 Å². The first-order valence-corrected chi connectivity index (χ1v) is 20.7. The zero-order chi connectivity index (χ0) is 40.3. The fourth-order valence-corrected chi connectivity index (χ4v) is 8.34. The molecule has 1 aliphatic rings. The lowest BCUT2D eigenvalue weighted by Gasteiger charge is -2.40. The van der Waals surface area contributed by atoms with Crippen molar-refractivity contribution in [3.8, 4) is 5.75 Å². The minimum absolute atomic E-state index is 0.0107. The van der Waals surface area contributed by atoms with E-state index in [1.165, 1.54) is 23.5 Å². The smallest absolute Gasteiger partial charge is 0.311 e. The van der Waals surface area contributed by atoms with Gasteiger partial charge in [-0.3, -0.25) is 24.1 Å². The van der Waals surface area contributed by atoms with Crippen molar-refractivity contribution in [3.05, 3.63) is 45.4 Å². The molecular weight excluding hydrogens is 707 g/mol. The number of carboxylic acid groups (broad SMARTS) is 1. The number of amides is 3. The van der Waals surface area contributed by atoms with Crippen molar-refractivity contribution < 1.29 is 34.1 Å². The molecule has 0 saturated carbocycles. The van der Waals surface area contributed by atoms with Gasteiger partial charge < -0.3 is 30.5 Å². The van der Waals surface area contributed by atoms with E-state index in [0.29, 0.717) is 36.6 Å². The van der Waals surface area contributed by atoms with Gasteiger partial charge >= 0.3 is 5.97 Å². The summed E-state index contributed by atoms with van der Waals surface area (Å²) in [4.78, 5) is 62.7. The number of aromatic nitrogens is 1. The quantitative estimate of drug-likeness (QED) is 0.113. The van der Waals surface area contributed by atoms with Crippen molar-refractivity contribution >= 4 is 35.0 Å². The van der Waals surface area contributed by atoms with E-state index in [4.69, 9.17) is 9.72 Å². The number of phenols is 1. The van der Waals surface area contributed by atoms with Crippen LogP contribution in [-0.2, 0) is 25.5 Å². The zero-order valence-corrected chi connectivity index (χ0v) is 34.9. The molecule has 12 nitrogen and oxygen atoms in total. The lowest BCUT2D eigenvalue weighted by molar-refractivity contribution is -0.143. The molecule has 0 bridgehead atoms. The highest BCUT2D eigenvalue weighted by atomic mass is 32.1. The number of rotatable bonds is 21. The summed E-state index contributed by atoms with van der Waals surface area (Å²) in [5, 5.41) is 28.4. The van der Waals surface area contributed by atoms with Crippen molar-refractivity contribution in [1.29, 1.82) is 0 Å². The van der Waals surface area contributed by atoms with Crippen molar-refractivity contribution in [2.75, 3.05) is 27.2 Å². The van der Waals surface area contributed by atoms with Crippen LogP contribution in [0.4, 0.5) is 0 Å². The standard InChI is InChI=1S/C41H65N5O7S/c1-11-17-46(40(50)35(25(7)13-3)44-38(49)36(45(9)10)26(8)14-4)33(24(5)6)22-34(53-18-12-2)39-43-32(23-54-39)37(48)42-28-19-27-15-16-29(47)21-30(27)31(20-28)41(51)52/h15-16,21,23-26,28,31,33-36,47H,11-14,17-20,22H2,1-10H3,(H,42,48)(H,44,49)(H,51,52)/t25-,26-,28-,31+,33?,34+,35-,36+/m0/s1. The number of hydrogen-bond donors (Lipinski definition) is 4. The predicted octanol–water partition coefficient (Wildman–Crippen LogP) is 6.39. The number of benzene rings is 1. The maximum Gasteiger partial charge on any atom is 0.311 e. The lowest BCUT2D eigenvalue weighted by atomic mass is 9.80. The Kier molecular flexibility index (Phi) is 17.4. The summed E-state index contributed by atoms with van der Waals surface area (Å²) >= 11 is 1.33. The highest BCUT2D eigenvalue weighted by molar-refractivity contribution is 7.09. The third kappa shape index (κ3) is 11.5. The minimum atomic E-state index is -1.01. The zero-order valence-electron chi connectivity index (χ0n) is 34.1. The second kappa shape index (κ2) is 20.9. The fourth-order valence-electron chi connectivity index (χ4n) is 7.48. The minimum Gasteiger partial charge on any atom is -0.508 e. The summed E-state index contributed by atoms with van der Waals surface area (Å²) in [6.45, 7) is 17.4. The molecular formula is C41H65N5O7S. The normalized spacial score (nSPS) is 19.0. The van der Waals surface area contributed by atoms with Crippen LogP contribution in [-0.4, -0.2) is 100 Å². The first-order chi connectivity index (χ1) is 25.6. The number of carbonyl (C=O) groups excluding carboxylic acids is 3. The fraction of sp³-hybridized carbons (Fsp3) is 0.683. The number of likely N-dealkylation sites (N-methyl/N-ethyl adjacent to an activating group) is 1. The van der Waals surface area contributed by atoms with Crippen LogP contribution in [0.2, 0.25) is 0 Å². The van der Waals surface area contributed by atoms with E-state index in [9.17, 15) is 29.4 Å². The van der Waals surface area contributed by atoms with Gasteiger partial charge in [-0.25, -0.2) is 4.98 Å². The van der Waals surface area contributed by atoms with Gasteiger partial charge in [0.1, 0.15) is 28.6 Å². The van der Waals surface area contributed by atoms with Gasteiger partial charge in [0.2, 0.25) is 11.8 Å². The lowest BCUT2D eigenvalue weighted by Crippen LogP contribution is -2.59. The number of ether oxygens (including phenoxy) is 1. The number of nitrogens with one attached hydrogen (secondary N) is 2. The van der Waals surface area contributed by atoms with E-state index in [1.54, 1.807) is 11.4 Å². The van der Waals surface area contributed by atoms with Gasteiger partial charge in [-0.05, 0) is 80.8 Å². The van der Waals surface area contributed by atoms with E-state index >= 15 is 0 Å². The van der Waals surface area contributed by atoms with E-state index in [2.05, 4.69) is 38.3 Å². The number of fused-ring (bicyclic) bond motifs is 1. The molecule has 8 atom stereocenters. The molecule has 0 fully saturated rings. The maximum absolute atomic E-state index is 14.7. The summed E-state index contributed by atoms with van der Waals surface area (Å²) in [5.74, 6) is -2.41. The topological polar surface area (TPSA) is 161 Å². The third-order valence-electron chi connectivity index (χ3n) is 10.8. The summed E-state index contributed by atoms with van der Waals surface area (Å²) in [5.41, 5.74) is 1.57. The first kappa shape index (κ1) is 44.8. The van der Waals surface area contributed by atoms with Gasteiger partial charge in [0.15, 0.2) is 0 Å². The Bertz CT molecular complexity index is 1550. The van der Waals surface area contributed by atoms with Gasteiger partial charge in [0, 0.05) is 37.0 Å². The Labute approximate surface area is 326 Å². The average molecular weight is 772 g/mol. The Balaban J connectivity index is 1.87. The summed E-state index contributed by atoms with van der Waals surface area (Å²) < 4.78 is 6.41. The predicted molar refractivity (Wildman–Crippen MR) is 213 cm³/mol. The Hall–Kier alpha value is -3.55. The molecule has 3 rings (SSSR count). The molecule has 0 aliphatic heterocycles. The maximum atomic E-state index is 14.7. The molecule has 0 spiro atoms.